The molecule has 0 fully saturated rings. The first-order valence-corrected chi connectivity index (χ1v) is 6.45. The molecule has 19 heavy (non-hydrogen) atoms. The average molecular weight is 261 g/mol. The van der Waals surface area contributed by atoms with Gasteiger partial charge >= 0.3 is 5.97 Å². The number of carbonyl (C=O) groups excluding carboxylic acids is 1. The van der Waals surface area contributed by atoms with E-state index < -0.39 is 6.23 Å². The van der Waals surface area contributed by atoms with Crippen LogP contribution in [0.4, 0.5) is 0 Å². The summed E-state index contributed by atoms with van der Waals surface area (Å²) in [4.78, 5) is 11.9. The normalized spacial score (nSPS) is 18.4. The molecule has 4 nitrogen and oxygen atoms in total. The Labute approximate surface area is 113 Å². The van der Waals surface area contributed by atoms with Gasteiger partial charge in [0.2, 0.25) is 0 Å². The van der Waals surface area contributed by atoms with E-state index in [1.807, 2.05) is 26.0 Å². The van der Waals surface area contributed by atoms with E-state index in [0.717, 1.165) is 16.7 Å². The van der Waals surface area contributed by atoms with Gasteiger partial charge in [-0.05, 0) is 26.3 Å². The minimum Gasteiger partial charge on any atom is -0.463 e. The number of benzene rings is 1. The summed E-state index contributed by atoms with van der Waals surface area (Å²) in [6, 6.07) is 6.01. The Morgan fingerprint density at radius 1 is 1.47 bits per heavy atom. The van der Waals surface area contributed by atoms with Gasteiger partial charge in [-0.3, -0.25) is 0 Å². The van der Waals surface area contributed by atoms with Crippen molar-refractivity contribution in [1.82, 2.24) is 5.32 Å². The lowest BCUT2D eigenvalue weighted by molar-refractivity contribution is -0.138. The Morgan fingerprint density at radius 3 is 2.84 bits per heavy atom. The maximum Gasteiger partial charge on any atom is 0.336 e. The van der Waals surface area contributed by atoms with E-state index >= 15 is 0 Å². The summed E-state index contributed by atoms with van der Waals surface area (Å²) in [5.74, 6) is -0.360. The second-order valence-corrected chi connectivity index (χ2v) is 4.76. The lowest BCUT2D eigenvalue weighted by Gasteiger charge is -2.12. The van der Waals surface area contributed by atoms with Gasteiger partial charge in [-0.1, -0.05) is 23.8 Å². The van der Waals surface area contributed by atoms with E-state index in [9.17, 15) is 9.90 Å². The van der Waals surface area contributed by atoms with E-state index in [4.69, 9.17) is 4.74 Å². The molecule has 1 aliphatic heterocycles. The van der Waals surface area contributed by atoms with E-state index in [-0.39, 0.29) is 12.4 Å². The van der Waals surface area contributed by atoms with E-state index in [0.29, 0.717) is 17.9 Å². The highest BCUT2D eigenvalue weighted by Gasteiger charge is 2.28. The van der Waals surface area contributed by atoms with Crippen LogP contribution in [0.5, 0.6) is 0 Å². The molecule has 0 aliphatic carbocycles. The van der Waals surface area contributed by atoms with Crippen LogP contribution in [0.1, 0.15) is 30.0 Å². The zero-order chi connectivity index (χ0) is 14.0. The van der Waals surface area contributed by atoms with Gasteiger partial charge in [0, 0.05) is 12.0 Å². The minimum absolute atomic E-state index is 0.279. The van der Waals surface area contributed by atoms with Crippen molar-refractivity contribution in [2.45, 2.75) is 33.4 Å². The molecule has 0 bridgehead atoms. The lowest BCUT2D eigenvalue weighted by atomic mass is 10.0. The second-order valence-electron chi connectivity index (χ2n) is 4.76. The summed E-state index contributed by atoms with van der Waals surface area (Å²) < 4.78 is 5.04. The number of nitrogens with one attached hydrogen (secondary N) is 1. The van der Waals surface area contributed by atoms with Gasteiger partial charge in [0.15, 0.2) is 0 Å². The molecule has 1 aromatic rings. The van der Waals surface area contributed by atoms with Crippen molar-refractivity contribution in [3.63, 3.8) is 0 Å². The van der Waals surface area contributed by atoms with Crippen LogP contribution in [-0.2, 0) is 9.53 Å². The van der Waals surface area contributed by atoms with Crippen LogP contribution in [0.25, 0.3) is 5.70 Å². The highest BCUT2D eigenvalue weighted by Crippen LogP contribution is 2.29. The molecule has 0 amide bonds. The molecule has 0 aromatic heterocycles. The Morgan fingerprint density at radius 2 is 2.21 bits per heavy atom. The molecule has 2 rings (SSSR count). The number of aryl methyl sites for hydroxylation is 2. The molecule has 4 heteroatoms. The third-order valence-electron chi connectivity index (χ3n) is 3.18. The van der Waals surface area contributed by atoms with Crippen molar-refractivity contribution < 1.29 is 14.6 Å². The topological polar surface area (TPSA) is 58.6 Å². The largest absolute Gasteiger partial charge is 0.463 e. The predicted octanol–water partition coefficient (Wildman–Crippen LogP) is 1.89. The Kier molecular flexibility index (Phi) is 3.90. The number of aliphatic hydroxyl groups excluding tert-OH is 1. The number of hydrogen-bond acceptors (Lipinski definition) is 4. The van der Waals surface area contributed by atoms with Crippen LogP contribution in [0.3, 0.4) is 0 Å². The fraction of sp³-hybridized carbons (Fsp3) is 0.400. The first-order chi connectivity index (χ1) is 9.02. The lowest BCUT2D eigenvalue weighted by Crippen LogP contribution is -2.20. The van der Waals surface area contributed by atoms with Crippen molar-refractivity contribution in [2.24, 2.45) is 0 Å². The standard InChI is InChI=1S/C15H19NO3/c1-4-19-15(18)12-8-13(17)16-14(12)11-6-5-9(2)7-10(11)3/h5-7,13,16-17H,4,8H2,1-3H3. The third-order valence-corrected chi connectivity index (χ3v) is 3.18. The summed E-state index contributed by atoms with van der Waals surface area (Å²) in [7, 11) is 0. The van der Waals surface area contributed by atoms with Crippen LogP contribution >= 0.6 is 0 Å². The summed E-state index contributed by atoms with van der Waals surface area (Å²) in [6.07, 6.45) is -0.448. The molecule has 0 spiro atoms. The highest BCUT2D eigenvalue weighted by molar-refractivity contribution is 5.98. The van der Waals surface area contributed by atoms with Gasteiger partial charge in [-0.2, -0.15) is 0 Å². The molecule has 1 unspecified atom stereocenters. The summed E-state index contributed by atoms with van der Waals surface area (Å²) >= 11 is 0. The van der Waals surface area contributed by atoms with Gasteiger partial charge < -0.3 is 15.2 Å². The third kappa shape index (κ3) is 2.79. The van der Waals surface area contributed by atoms with Gasteiger partial charge in [-0.25, -0.2) is 4.79 Å². The van der Waals surface area contributed by atoms with Crippen molar-refractivity contribution >= 4 is 11.7 Å². The molecule has 0 radical (unpaired) electrons. The molecule has 1 aromatic carbocycles. The van der Waals surface area contributed by atoms with Gasteiger partial charge in [0.05, 0.1) is 17.9 Å². The maximum atomic E-state index is 11.9. The summed E-state index contributed by atoms with van der Waals surface area (Å²) in [6.45, 7) is 6.12. The van der Waals surface area contributed by atoms with E-state index in [1.165, 1.54) is 0 Å². The number of aliphatic hydroxyl groups is 1. The molecule has 1 aliphatic rings. The molecule has 102 valence electrons. The quantitative estimate of drug-likeness (QED) is 0.816. The van der Waals surface area contributed by atoms with Crippen LogP contribution in [0, 0.1) is 13.8 Å². The zero-order valence-electron chi connectivity index (χ0n) is 11.5. The number of rotatable bonds is 3. The van der Waals surface area contributed by atoms with Gasteiger partial charge in [0.1, 0.15) is 6.23 Å². The van der Waals surface area contributed by atoms with Gasteiger partial charge in [-0.15, -0.1) is 0 Å². The first kappa shape index (κ1) is 13.6. The molecular formula is C15H19NO3. The number of ether oxygens (including phenoxy) is 1. The Balaban J connectivity index is 2.43. The maximum absolute atomic E-state index is 11.9. The summed E-state index contributed by atoms with van der Waals surface area (Å²) in [5, 5.41) is 12.7. The minimum atomic E-state index is -0.727. The average Bonchev–Trinajstić information content (AvgIpc) is 2.71. The molecule has 0 saturated carbocycles. The Bertz CT molecular complexity index is 534. The van der Waals surface area contributed by atoms with Crippen LogP contribution in [0.15, 0.2) is 23.8 Å². The molecule has 2 N–H and O–H groups in total. The molecule has 0 saturated heterocycles. The fourth-order valence-corrected chi connectivity index (χ4v) is 2.34. The number of esters is 1. The SMILES string of the molecule is CCOC(=O)C1=C(c2ccc(C)cc2C)NC(O)C1. The monoisotopic (exact) mass is 261 g/mol. The Hall–Kier alpha value is -1.81. The van der Waals surface area contributed by atoms with Crippen molar-refractivity contribution in [1.29, 1.82) is 0 Å². The summed E-state index contributed by atoms with van der Waals surface area (Å²) in [5.41, 5.74) is 4.37. The van der Waals surface area contributed by atoms with Crippen LogP contribution in [0.2, 0.25) is 0 Å². The van der Waals surface area contributed by atoms with Crippen LogP contribution in [-0.4, -0.2) is 23.9 Å². The molecule has 1 heterocycles. The zero-order valence-corrected chi connectivity index (χ0v) is 11.5. The van der Waals surface area contributed by atoms with E-state index in [1.54, 1.807) is 6.92 Å². The van der Waals surface area contributed by atoms with Crippen molar-refractivity contribution in [3.8, 4) is 0 Å². The smallest absolute Gasteiger partial charge is 0.336 e. The van der Waals surface area contributed by atoms with Crippen LogP contribution < -0.4 is 5.32 Å². The first-order valence-electron chi connectivity index (χ1n) is 6.45. The van der Waals surface area contributed by atoms with Crippen molar-refractivity contribution in [2.75, 3.05) is 6.61 Å². The predicted molar refractivity (Wildman–Crippen MR) is 73.2 cm³/mol. The van der Waals surface area contributed by atoms with E-state index in [2.05, 4.69) is 11.4 Å². The second kappa shape index (κ2) is 5.45. The number of carbonyl (C=O) groups is 1. The molecular weight excluding hydrogens is 242 g/mol. The van der Waals surface area contributed by atoms with Gasteiger partial charge in [0.25, 0.3) is 0 Å². The number of hydrogen-bond donors (Lipinski definition) is 2. The fourth-order valence-electron chi connectivity index (χ4n) is 2.34. The van der Waals surface area contributed by atoms with Crippen molar-refractivity contribution in [3.05, 3.63) is 40.5 Å². The highest BCUT2D eigenvalue weighted by atomic mass is 16.5. The molecule has 1 atom stereocenters.